The summed E-state index contributed by atoms with van der Waals surface area (Å²) in [6.07, 6.45) is 2.51. The lowest BCUT2D eigenvalue weighted by molar-refractivity contribution is 0.0703. The van der Waals surface area contributed by atoms with Crippen LogP contribution in [0.5, 0.6) is 0 Å². The Morgan fingerprint density at radius 3 is 3.04 bits per heavy atom. The van der Waals surface area contributed by atoms with E-state index in [2.05, 4.69) is 10.3 Å². The van der Waals surface area contributed by atoms with Crippen LogP contribution in [0.15, 0.2) is 28.9 Å². The zero-order chi connectivity index (χ0) is 17.4. The average Bonchev–Trinajstić information content (AvgIpc) is 3.22. The Morgan fingerprint density at radius 2 is 2.28 bits per heavy atom. The highest BCUT2D eigenvalue weighted by atomic mass is 35.5. The van der Waals surface area contributed by atoms with Gasteiger partial charge in [0.25, 0.3) is 0 Å². The number of pyridine rings is 1. The molecule has 5 nitrogen and oxygen atoms in total. The fourth-order valence-corrected chi connectivity index (χ4v) is 5.05. The lowest BCUT2D eigenvalue weighted by Gasteiger charge is -2.28. The quantitative estimate of drug-likeness (QED) is 0.627. The molecular formula is C17H17Cl2N3O2S. The molecule has 1 aliphatic heterocycles. The molecule has 3 aromatic heterocycles. The molecule has 2 atom stereocenters. The smallest absolute Gasteiger partial charge is 0.131 e. The van der Waals surface area contributed by atoms with Gasteiger partial charge >= 0.3 is 0 Å². The van der Waals surface area contributed by atoms with E-state index in [0.29, 0.717) is 29.9 Å². The van der Waals surface area contributed by atoms with Crippen molar-refractivity contribution in [3.8, 4) is 0 Å². The van der Waals surface area contributed by atoms with Gasteiger partial charge < -0.3 is 20.2 Å². The Bertz CT molecular complexity index is 882. The van der Waals surface area contributed by atoms with Gasteiger partial charge in [0.15, 0.2) is 0 Å². The molecule has 1 fully saturated rings. The van der Waals surface area contributed by atoms with E-state index < -0.39 is 0 Å². The maximum Gasteiger partial charge on any atom is 0.131 e. The van der Waals surface area contributed by atoms with Crippen LogP contribution in [0.2, 0.25) is 10.2 Å². The molecule has 3 aromatic rings. The van der Waals surface area contributed by atoms with Crippen molar-refractivity contribution in [2.75, 3.05) is 18.5 Å². The van der Waals surface area contributed by atoms with Gasteiger partial charge in [-0.3, -0.25) is 0 Å². The number of ether oxygens (including phenoxy) is 1. The van der Waals surface area contributed by atoms with Crippen molar-refractivity contribution >= 4 is 50.4 Å². The van der Waals surface area contributed by atoms with Gasteiger partial charge in [-0.1, -0.05) is 23.2 Å². The van der Waals surface area contributed by atoms with Crippen LogP contribution in [0.4, 0.5) is 5.69 Å². The number of nitrogens with two attached hydrogens (primary N) is 1. The van der Waals surface area contributed by atoms with Crippen molar-refractivity contribution in [1.29, 1.82) is 0 Å². The third kappa shape index (κ3) is 3.37. The molecule has 0 spiro atoms. The molecule has 8 heteroatoms. The fraction of sp³-hybridized carbons (Fsp3) is 0.353. The summed E-state index contributed by atoms with van der Waals surface area (Å²) in [6.45, 7) is 1.80. The summed E-state index contributed by atoms with van der Waals surface area (Å²) in [5, 5.41) is 4.41. The van der Waals surface area contributed by atoms with Crippen LogP contribution >= 0.6 is 34.5 Å². The van der Waals surface area contributed by atoms with Gasteiger partial charge in [0.2, 0.25) is 0 Å². The van der Waals surface area contributed by atoms with Gasteiger partial charge in [-0.05, 0) is 18.6 Å². The minimum atomic E-state index is -0.0608. The predicted octanol–water partition coefficient (Wildman–Crippen LogP) is 4.64. The SMILES string of the molecule is N[C@H]1COCC[C@@H]1c1sc2c(NCc3ccco3)cc(Cl)nc2c1Cl. The molecule has 0 aliphatic carbocycles. The molecule has 1 saturated heterocycles. The first-order chi connectivity index (χ1) is 12.1. The average molecular weight is 398 g/mol. The second-order valence-corrected chi connectivity index (χ2v) is 7.83. The fourth-order valence-electron chi connectivity index (χ4n) is 3.08. The third-order valence-electron chi connectivity index (χ3n) is 4.35. The highest BCUT2D eigenvalue weighted by molar-refractivity contribution is 7.20. The van der Waals surface area contributed by atoms with Gasteiger partial charge in [-0.2, -0.15) is 0 Å². The molecule has 0 saturated carbocycles. The monoisotopic (exact) mass is 397 g/mol. The van der Waals surface area contributed by atoms with Crippen LogP contribution in [0, 0.1) is 0 Å². The lowest BCUT2D eigenvalue weighted by atomic mass is 9.94. The highest BCUT2D eigenvalue weighted by Crippen LogP contribution is 2.45. The number of fused-ring (bicyclic) bond motifs is 1. The Kier molecular flexibility index (Phi) is 4.88. The molecule has 1 aliphatic rings. The third-order valence-corrected chi connectivity index (χ3v) is 6.38. The number of nitrogens with one attached hydrogen (secondary N) is 1. The van der Waals surface area contributed by atoms with Gasteiger partial charge in [0.1, 0.15) is 16.4 Å². The molecule has 0 aromatic carbocycles. The van der Waals surface area contributed by atoms with E-state index in [0.717, 1.165) is 33.0 Å². The summed E-state index contributed by atoms with van der Waals surface area (Å²) in [7, 11) is 0. The van der Waals surface area contributed by atoms with E-state index in [1.54, 1.807) is 17.6 Å². The number of aromatic nitrogens is 1. The van der Waals surface area contributed by atoms with E-state index in [9.17, 15) is 0 Å². The van der Waals surface area contributed by atoms with E-state index in [1.807, 2.05) is 18.2 Å². The normalized spacial score (nSPS) is 20.9. The number of hydrogen-bond acceptors (Lipinski definition) is 6. The van der Waals surface area contributed by atoms with Crippen molar-refractivity contribution in [2.24, 2.45) is 5.73 Å². The van der Waals surface area contributed by atoms with Crippen molar-refractivity contribution in [3.05, 3.63) is 45.3 Å². The zero-order valence-corrected chi connectivity index (χ0v) is 15.6. The minimum absolute atomic E-state index is 0.0608. The summed E-state index contributed by atoms with van der Waals surface area (Å²) >= 11 is 14.5. The number of thiophene rings is 1. The molecular weight excluding hydrogens is 381 g/mol. The second kappa shape index (κ2) is 7.13. The summed E-state index contributed by atoms with van der Waals surface area (Å²) in [5.74, 6) is 1.02. The van der Waals surface area contributed by atoms with Crippen LogP contribution in [0.25, 0.3) is 10.2 Å². The molecule has 4 rings (SSSR count). The standard InChI is InChI=1S/C17H17Cl2N3O2S/c18-13-6-12(21-7-9-2-1-4-24-9)17-15(22-13)14(19)16(25-17)10-3-5-23-8-11(10)20/h1-2,4,6,10-11H,3,5,7-8,20H2,(H,21,22)/t10-,11-/m0/s1. The Morgan fingerprint density at radius 1 is 1.40 bits per heavy atom. The maximum absolute atomic E-state index is 6.65. The van der Waals surface area contributed by atoms with Crippen LogP contribution < -0.4 is 11.1 Å². The number of anilines is 1. The van der Waals surface area contributed by atoms with Crippen LogP contribution in [0.3, 0.4) is 0 Å². The van der Waals surface area contributed by atoms with Crippen molar-refractivity contribution in [2.45, 2.75) is 24.9 Å². The summed E-state index contributed by atoms with van der Waals surface area (Å²) in [6, 6.07) is 5.53. The van der Waals surface area contributed by atoms with Crippen molar-refractivity contribution in [3.63, 3.8) is 0 Å². The lowest BCUT2D eigenvalue weighted by Crippen LogP contribution is -2.37. The Balaban J connectivity index is 1.72. The molecule has 0 bridgehead atoms. The highest BCUT2D eigenvalue weighted by Gasteiger charge is 2.29. The minimum Gasteiger partial charge on any atom is -0.467 e. The zero-order valence-electron chi connectivity index (χ0n) is 13.3. The maximum atomic E-state index is 6.65. The van der Waals surface area contributed by atoms with Gasteiger partial charge in [0, 0.05) is 29.5 Å². The number of halogens is 2. The topological polar surface area (TPSA) is 73.3 Å². The van der Waals surface area contributed by atoms with E-state index in [1.165, 1.54) is 0 Å². The van der Waals surface area contributed by atoms with E-state index in [-0.39, 0.29) is 12.0 Å². The van der Waals surface area contributed by atoms with Gasteiger partial charge in [0.05, 0.1) is 34.8 Å². The number of furan rings is 1. The first-order valence-corrected chi connectivity index (χ1v) is 9.58. The van der Waals surface area contributed by atoms with Crippen LogP contribution in [-0.4, -0.2) is 24.2 Å². The number of rotatable bonds is 4. The first-order valence-electron chi connectivity index (χ1n) is 8.01. The number of nitrogens with zero attached hydrogens (tertiary/aromatic N) is 1. The molecule has 4 heterocycles. The van der Waals surface area contributed by atoms with Crippen molar-refractivity contribution in [1.82, 2.24) is 4.98 Å². The summed E-state index contributed by atoms with van der Waals surface area (Å²) in [5.41, 5.74) is 7.85. The second-order valence-electron chi connectivity index (χ2n) is 6.02. The van der Waals surface area contributed by atoms with Crippen LogP contribution in [0.1, 0.15) is 23.0 Å². The molecule has 0 radical (unpaired) electrons. The molecule has 25 heavy (non-hydrogen) atoms. The Labute approximate surface area is 159 Å². The van der Waals surface area contributed by atoms with Crippen LogP contribution in [-0.2, 0) is 11.3 Å². The molecule has 0 amide bonds. The van der Waals surface area contributed by atoms with E-state index in [4.69, 9.17) is 38.1 Å². The summed E-state index contributed by atoms with van der Waals surface area (Å²) in [4.78, 5) is 5.49. The Hall–Kier alpha value is -1.31. The largest absolute Gasteiger partial charge is 0.467 e. The first kappa shape index (κ1) is 17.1. The molecule has 0 unspecified atom stereocenters. The molecule has 132 valence electrons. The number of hydrogen-bond donors (Lipinski definition) is 2. The van der Waals surface area contributed by atoms with Crippen molar-refractivity contribution < 1.29 is 9.15 Å². The predicted molar refractivity (Wildman–Crippen MR) is 102 cm³/mol. The summed E-state index contributed by atoms with van der Waals surface area (Å²) < 4.78 is 11.8. The molecule has 3 N–H and O–H groups in total. The van der Waals surface area contributed by atoms with E-state index >= 15 is 0 Å². The van der Waals surface area contributed by atoms with Gasteiger partial charge in [-0.15, -0.1) is 11.3 Å². The van der Waals surface area contributed by atoms with Gasteiger partial charge in [-0.25, -0.2) is 4.98 Å².